The summed E-state index contributed by atoms with van der Waals surface area (Å²) in [7, 11) is 4.05. The van der Waals surface area contributed by atoms with Gasteiger partial charge in [0.25, 0.3) is 0 Å². The average Bonchev–Trinajstić information content (AvgIpc) is 2.72. The standard InChI is InChI=1S/C14H24N6O/c1-4-21-14-17-12(15-2)16-13(18-14)20-8-7-10-5-6-11(9-20)19(10)3/h10-11H,4-9H2,1-3H3,(H,15,16,17,18). The zero-order chi connectivity index (χ0) is 14.8. The van der Waals surface area contributed by atoms with Crippen molar-refractivity contribution in [2.24, 2.45) is 0 Å². The quantitative estimate of drug-likeness (QED) is 0.887. The highest BCUT2D eigenvalue weighted by molar-refractivity contribution is 5.38. The third-order valence-corrected chi connectivity index (χ3v) is 4.53. The molecule has 116 valence electrons. The highest BCUT2D eigenvalue weighted by Crippen LogP contribution is 2.30. The summed E-state index contributed by atoms with van der Waals surface area (Å²) in [5.41, 5.74) is 0. The normalized spacial score (nSPS) is 25.8. The molecule has 21 heavy (non-hydrogen) atoms. The molecule has 2 aliphatic rings. The van der Waals surface area contributed by atoms with Crippen LogP contribution in [0.4, 0.5) is 11.9 Å². The molecule has 0 amide bonds. The molecule has 0 aromatic carbocycles. The molecule has 0 aliphatic carbocycles. The van der Waals surface area contributed by atoms with Crippen molar-refractivity contribution in [1.29, 1.82) is 0 Å². The molecule has 2 aliphatic heterocycles. The monoisotopic (exact) mass is 292 g/mol. The number of hydrogen-bond donors (Lipinski definition) is 1. The first kappa shape index (κ1) is 14.3. The predicted molar refractivity (Wildman–Crippen MR) is 81.9 cm³/mol. The fraction of sp³-hybridized carbons (Fsp3) is 0.786. The molecule has 7 heteroatoms. The minimum Gasteiger partial charge on any atom is -0.464 e. The lowest BCUT2D eigenvalue weighted by atomic mass is 10.1. The van der Waals surface area contributed by atoms with Gasteiger partial charge < -0.3 is 15.0 Å². The Morgan fingerprint density at radius 1 is 1.19 bits per heavy atom. The number of aromatic nitrogens is 3. The molecule has 1 aromatic rings. The Hall–Kier alpha value is -1.63. The van der Waals surface area contributed by atoms with E-state index in [4.69, 9.17) is 4.74 Å². The second-order valence-electron chi connectivity index (χ2n) is 5.71. The van der Waals surface area contributed by atoms with Crippen LogP contribution in [0.2, 0.25) is 0 Å². The van der Waals surface area contributed by atoms with Crippen LogP contribution in [0, 0.1) is 0 Å². The van der Waals surface area contributed by atoms with E-state index in [1.54, 1.807) is 0 Å². The van der Waals surface area contributed by atoms with E-state index in [2.05, 4.69) is 37.1 Å². The van der Waals surface area contributed by atoms with Crippen LogP contribution < -0.4 is 15.0 Å². The molecular formula is C14H24N6O. The van der Waals surface area contributed by atoms with Gasteiger partial charge in [-0.05, 0) is 33.2 Å². The lowest BCUT2D eigenvalue weighted by Gasteiger charge is -2.26. The van der Waals surface area contributed by atoms with Gasteiger partial charge in [-0.3, -0.25) is 4.90 Å². The first-order chi connectivity index (χ1) is 10.2. The van der Waals surface area contributed by atoms with Gasteiger partial charge in [-0.1, -0.05) is 0 Å². The summed E-state index contributed by atoms with van der Waals surface area (Å²) in [4.78, 5) is 18.0. The predicted octanol–water partition coefficient (Wildman–Crippen LogP) is 0.985. The van der Waals surface area contributed by atoms with Crippen molar-refractivity contribution < 1.29 is 4.74 Å². The van der Waals surface area contributed by atoms with Gasteiger partial charge in [-0.15, -0.1) is 0 Å². The highest BCUT2D eigenvalue weighted by Gasteiger charge is 2.35. The number of anilines is 2. The van der Waals surface area contributed by atoms with E-state index in [0.717, 1.165) is 25.5 Å². The Labute approximate surface area is 125 Å². The zero-order valence-electron chi connectivity index (χ0n) is 13.0. The molecule has 2 atom stereocenters. The summed E-state index contributed by atoms with van der Waals surface area (Å²) < 4.78 is 5.45. The number of fused-ring (bicyclic) bond motifs is 2. The summed E-state index contributed by atoms with van der Waals surface area (Å²) in [6.45, 7) is 4.46. The van der Waals surface area contributed by atoms with Crippen LogP contribution in [0.25, 0.3) is 0 Å². The number of ether oxygens (including phenoxy) is 1. The van der Waals surface area contributed by atoms with Crippen LogP contribution in [0.5, 0.6) is 6.01 Å². The summed E-state index contributed by atoms with van der Waals surface area (Å²) in [5, 5.41) is 2.98. The maximum atomic E-state index is 5.45. The Kier molecular flexibility index (Phi) is 4.10. The van der Waals surface area contributed by atoms with Crippen LogP contribution >= 0.6 is 0 Å². The van der Waals surface area contributed by atoms with Crippen LogP contribution in [0.1, 0.15) is 26.2 Å². The molecule has 2 saturated heterocycles. The Morgan fingerprint density at radius 2 is 2.00 bits per heavy atom. The fourth-order valence-corrected chi connectivity index (χ4v) is 3.28. The Morgan fingerprint density at radius 3 is 2.76 bits per heavy atom. The number of rotatable bonds is 4. The minimum atomic E-state index is 0.398. The van der Waals surface area contributed by atoms with E-state index >= 15 is 0 Å². The lowest BCUT2D eigenvalue weighted by Crippen LogP contribution is -2.37. The maximum Gasteiger partial charge on any atom is 0.323 e. The molecule has 0 radical (unpaired) electrons. The van der Waals surface area contributed by atoms with Gasteiger partial charge in [0.2, 0.25) is 11.9 Å². The first-order valence-electron chi connectivity index (χ1n) is 7.74. The minimum absolute atomic E-state index is 0.398. The van der Waals surface area contributed by atoms with Gasteiger partial charge in [0, 0.05) is 32.2 Å². The molecule has 1 N–H and O–H groups in total. The molecule has 2 bridgehead atoms. The van der Waals surface area contributed by atoms with E-state index in [-0.39, 0.29) is 0 Å². The third kappa shape index (κ3) is 2.88. The van der Waals surface area contributed by atoms with Gasteiger partial charge in [0.05, 0.1) is 6.61 Å². The van der Waals surface area contributed by atoms with Crippen molar-refractivity contribution in [3.05, 3.63) is 0 Å². The first-order valence-corrected chi connectivity index (χ1v) is 7.74. The lowest BCUT2D eigenvalue weighted by molar-refractivity contribution is 0.254. The molecule has 0 spiro atoms. The van der Waals surface area contributed by atoms with Crippen LogP contribution in [0.3, 0.4) is 0 Å². The fourth-order valence-electron chi connectivity index (χ4n) is 3.28. The SMILES string of the molecule is CCOc1nc(NC)nc(N2CCC3CCC(C2)N3C)n1. The van der Waals surface area contributed by atoms with Crippen molar-refractivity contribution in [3.63, 3.8) is 0 Å². The molecule has 0 saturated carbocycles. The topological polar surface area (TPSA) is 66.4 Å². The second-order valence-corrected chi connectivity index (χ2v) is 5.71. The molecule has 3 heterocycles. The summed E-state index contributed by atoms with van der Waals surface area (Å²) in [6, 6.07) is 1.70. The van der Waals surface area contributed by atoms with Crippen LogP contribution in [-0.2, 0) is 0 Å². The van der Waals surface area contributed by atoms with Crippen molar-refractivity contribution in [1.82, 2.24) is 19.9 Å². The highest BCUT2D eigenvalue weighted by atomic mass is 16.5. The van der Waals surface area contributed by atoms with Crippen LogP contribution in [0.15, 0.2) is 0 Å². The molecule has 2 fully saturated rings. The second kappa shape index (κ2) is 6.01. The van der Waals surface area contributed by atoms with Gasteiger partial charge >= 0.3 is 6.01 Å². The molecule has 1 aromatic heterocycles. The maximum absolute atomic E-state index is 5.45. The van der Waals surface area contributed by atoms with Crippen molar-refractivity contribution in [2.45, 2.75) is 38.3 Å². The summed E-state index contributed by atoms with van der Waals surface area (Å²) in [6.07, 6.45) is 3.75. The molecule has 2 unspecified atom stereocenters. The molecule has 7 nitrogen and oxygen atoms in total. The largest absolute Gasteiger partial charge is 0.464 e. The van der Waals surface area contributed by atoms with Crippen molar-refractivity contribution >= 4 is 11.9 Å². The number of nitrogens with zero attached hydrogens (tertiary/aromatic N) is 5. The van der Waals surface area contributed by atoms with Crippen LogP contribution in [-0.4, -0.2) is 65.7 Å². The third-order valence-electron chi connectivity index (χ3n) is 4.53. The number of nitrogens with one attached hydrogen (secondary N) is 1. The van der Waals surface area contributed by atoms with Gasteiger partial charge in [-0.2, -0.15) is 15.0 Å². The van der Waals surface area contributed by atoms with Crippen molar-refractivity contribution in [3.8, 4) is 6.01 Å². The summed E-state index contributed by atoms with van der Waals surface area (Å²) >= 11 is 0. The smallest absolute Gasteiger partial charge is 0.323 e. The molecule has 3 rings (SSSR count). The number of likely N-dealkylation sites (N-methyl/N-ethyl adjacent to an activating group) is 1. The van der Waals surface area contributed by atoms with E-state index in [1.165, 1.54) is 12.8 Å². The van der Waals surface area contributed by atoms with E-state index in [0.29, 0.717) is 30.6 Å². The van der Waals surface area contributed by atoms with Gasteiger partial charge in [-0.25, -0.2) is 0 Å². The Balaban J connectivity index is 1.83. The Bertz CT molecular complexity index is 496. The zero-order valence-corrected chi connectivity index (χ0v) is 13.0. The van der Waals surface area contributed by atoms with E-state index in [1.807, 2.05) is 14.0 Å². The number of hydrogen-bond acceptors (Lipinski definition) is 7. The molecular weight excluding hydrogens is 268 g/mol. The van der Waals surface area contributed by atoms with Crippen molar-refractivity contribution in [2.75, 3.05) is 44.0 Å². The average molecular weight is 292 g/mol. The van der Waals surface area contributed by atoms with E-state index < -0.39 is 0 Å². The van der Waals surface area contributed by atoms with Gasteiger partial charge in [0.15, 0.2) is 0 Å². The van der Waals surface area contributed by atoms with Gasteiger partial charge in [0.1, 0.15) is 0 Å². The van der Waals surface area contributed by atoms with E-state index in [9.17, 15) is 0 Å². The summed E-state index contributed by atoms with van der Waals surface area (Å²) in [5.74, 6) is 1.28.